The first-order chi connectivity index (χ1) is 5.92. The van der Waals surface area contributed by atoms with Gasteiger partial charge in [0.05, 0.1) is 6.61 Å². The minimum atomic E-state index is -1.83. The molecule has 0 bridgehead atoms. The van der Waals surface area contributed by atoms with Gasteiger partial charge in [-0.2, -0.15) is 0 Å². The van der Waals surface area contributed by atoms with E-state index in [0.29, 0.717) is 12.8 Å². The molecule has 0 aromatic rings. The first-order valence-electron chi connectivity index (χ1n) is 4.14. The molecule has 2 fully saturated rings. The maximum Gasteiger partial charge on any atom is 0.341 e. The molecule has 0 aliphatic heterocycles. The SMILES string of the molecule is O=C(O)C1(F)CC1.OCC1(F)CC1. The summed E-state index contributed by atoms with van der Waals surface area (Å²) in [5.41, 5.74) is -2.99. The highest BCUT2D eigenvalue weighted by Crippen LogP contribution is 2.39. The molecule has 13 heavy (non-hydrogen) atoms. The van der Waals surface area contributed by atoms with Crippen molar-refractivity contribution in [3.05, 3.63) is 0 Å². The molecule has 0 heterocycles. The van der Waals surface area contributed by atoms with Crippen LogP contribution in [0, 0.1) is 0 Å². The standard InChI is InChI=1S/C4H5FO2.C4H7FO/c5-4(1-2-4)3(6)7;5-4(3-6)1-2-4/h1-2H2,(H,6,7);6H,1-3H2. The van der Waals surface area contributed by atoms with Crippen LogP contribution in [0.1, 0.15) is 25.7 Å². The smallest absolute Gasteiger partial charge is 0.341 e. The maximum atomic E-state index is 12.0. The molecule has 0 aromatic carbocycles. The van der Waals surface area contributed by atoms with E-state index < -0.39 is 17.3 Å². The number of carboxylic acid groups (broad SMARTS) is 1. The van der Waals surface area contributed by atoms with E-state index in [9.17, 15) is 13.6 Å². The molecule has 0 unspecified atom stereocenters. The van der Waals surface area contributed by atoms with E-state index in [4.69, 9.17) is 10.2 Å². The van der Waals surface area contributed by atoms with Gasteiger partial charge in [0, 0.05) is 0 Å². The van der Waals surface area contributed by atoms with Crippen LogP contribution >= 0.6 is 0 Å². The van der Waals surface area contributed by atoms with Crippen molar-refractivity contribution >= 4 is 5.97 Å². The summed E-state index contributed by atoms with van der Waals surface area (Å²) in [6.45, 7) is -0.285. The fourth-order valence-electron chi connectivity index (χ4n) is 0.617. The monoisotopic (exact) mass is 194 g/mol. The van der Waals surface area contributed by atoms with Gasteiger partial charge < -0.3 is 10.2 Å². The second kappa shape index (κ2) is 3.21. The number of aliphatic carboxylic acids is 1. The maximum absolute atomic E-state index is 12.0. The van der Waals surface area contributed by atoms with Crippen LogP contribution in [0.5, 0.6) is 0 Å². The van der Waals surface area contributed by atoms with Gasteiger partial charge in [-0.05, 0) is 25.7 Å². The third-order valence-electron chi connectivity index (χ3n) is 2.15. The molecule has 2 aliphatic carbocycles. The topological polar surface area (TPSA) is 57.5 Å². The molecule has 2 aliphatic rings. The summed E-state index contributed by atoms with van der Waals surface area (Å²) in [5.74, 6) is -1.31. The van der Waals surface area contributed by atoms with Gasteiger partial charge in [-0.25, -0.2) is 13.6 Å². The third-order valence-corrected chi connectivity index (χ3v) is 2.15. The van der Waals surface area contributed by atoms with Gasteiger partial charge >= 0.3 is 5.97 Å². The summed E-state index contributed by atoms with van der Waals surface area (Å²) in [6, 6.07) is 0. The van der Waals surface area contributed by atoms with Crippen LogP contribution in [-0.4, -0.2) is 34.1 Å². The normalized spacial score (nSPS) is 25.5. The van der Waals surface area contributed by atoms with Crippen LogP contribution in [0.15, 0.2) is 0 Å². The summed E-state index contributed by atoms with van der Waals surface area (Å²) < 4.78 is 24.0. The van der Waals surface area contributed by atoms with Crippen molar-refractivity contribution in [2.24, 2.45) is 0 Å². The molecular weight excluding hydrogens is 182 g/mol. The Morgan fingerprint density at radius 1 is 1.23 bits per heavy atom. The van der Waals surface area contributed by atoms with Crippen LogP contribution in [-0.2, 0) is 4.79 Å². The first-order valence-corrected chi connectivity index (χ1v) is 4.14. The number of hydrogen-bond acceptors (Lipinski definition) is 2. The van der Waals surface area contributed by atoms with Crippen LogP contribution in [0.25, 0.3) is 0 Å². The summed E-state index contributed by atoms with van der Waals surface area (Å²) in [4.78, 5) is 9.71. The molecular formula is C8H12F2O3. The number of hydrogen-bond donors (Lipinski definition) is 2. The lowest BCUT2D eigenvalue weighted by Gasteiger charge is -1.91. The van der Waals surface area contributed by atoms with Gasteiger partial charge in [0.2, 0.25) is 5.67 Å². The minimum absolute atomic E-state index is 0.197. The van der Waals surface area contributed by atoms with Gasteiger partial charge in [0.25, 0.3) is 0 Å². The minimum Gasteiger partial charge on any atom is -0.479 e. The number of halogens is 2. The lowest BCUT2D eigenvalue weighted by molar-refractivity contribution is -0.144. The highest BCUT2D eigenvalue weighted by molar-refractivity contribution is 5.80. The molecule has 0 radical (unpaired) electrons. The predicted octanol–water partition coefficient (Wildman–Crippen LogP) is 1.05. The van der Waals surface area contributed by atoms with Crippen LogP contribution in [0.3, 0.4) is 0 Å². The van der Waals surface area contributed by atoms with Crippen molar-refractivity contribution < 1.29 is 23.8 Å². The zero-order chi connectivity index (χ0) is 10.1. The Hall–Kier alpha value is -0.710. The van der Waals surface area contributed by atoms with Crippen molar-refractivity contribution in [3.63, 3.8) is 0 Å². The predicted molar refractivity (Wildman–Crippen MR) is 40.9 cm³/mol. The van der Waals surface area contributed by atoms with Gasteiger partial charge in [-0.1, -0.05) is 0 Å². The van der Waals surface area contributed by atoms with Gasteiger partial charge in [0.15, 0.2) is 0 Å². The van der Waals surface area contributed by atoms with E-state index in [2.05, 4.69) is 0 Å². The lowest BCUT2D eigenvalue weighted by Crippen LogP contribution is -2.14. The summed E-state index contributed by atoms with van der Waals surface area (Å²) in [7, 11) is 0. The Bertz CT molecular complexity index is 209. The Balaban J connectivity index is 0.000000132. The van der Waals surface area contributed by atoms with Crippen molar-refractivity contribution in [2.75, 3.05) is 6.61 Å². The fraction of sp³-hybridized carbons (Fsp3) is 0.875. The molecule has 5 heteroatoms. The molecule has 2 saturated carbocycles. The number of aliphatic hydroxyl groups is 1. The van der Waals surface area contributed by atoms with E-state index in [1.165, 1.54) is 0 Å². The Morgan fingerprint density at radius 3 is 1.69 bits per heavy atom. The lowest BCUT2D eigenvalue weighted by atomic mass is 10.4. The van der Waals surface area contributed by atoms with Gasteiger partial charge in [-0.3, -0.25) is 0 Å². The summed E-state index contributed by atoms with van der Waals surface area (Å²) in [6.07, 6.45) is 1.51. The first kappa shape index (κ1) is 10.4. The van der Waals surface area contributed by atoms with Crippen molar-refractivity contribution in [1.82, 2.24) is 0 Å². The number of aliphatic hydroxyl groups excluding tert-OH is 1. The molecule has 0 atom stereocenters. The van der Waals surface area contributed by atoms with E-state index >= 15 is 0 Å². The number of alkyl halides is 2. The molecule has 0 spiro atoms. The number of carbonyl (C=O) groups is 1. The van der Waals surface area contributed by atoms with Crippen LogP contribution in [0.2, 0.25) is 0 Å². The van der Waals surface area contributed by atoms with Crippen molar-refractivity contribution in [2.45, 2.75) is 37.0 Å². The van der Waals surface area contributed by atoms with E-state index in [-0.39, 0.29) is 19.4 Å². The van der Waals surface area contributed by atoms with Crippen molar-refractivity contribution in [1.29, 1.82) is 0 Å². The summed E-state index contributed by atoms with van der Waals surface area (Å²) in [5, 5.41) is 16.0. The van der Waals surface area contributed by atoms with Gasteiger partial charge in [0.1, 0.15) is 5.67 Å². The highest BCUT2D eigenvalue weighted by atomic mass is 19.1. The number of carboxylic acids is 1. The van der Waals surface area contributed by atoms with Crippen molar-refractivity contribution in [3.8, 4) is 0 Å². The molecule has 76 valence electrons. The summed E-state index contributed by atoms with van der Waals surface area (Å²) >= 11 is 0. The third kappa shape index (κ3) is 2.91. The average molecular weight is 194 g/mol. The average Bonchev–Trinajstić information content (AvgIpc) is 2.94. The quantitative estimate of drug-likeness (QED) is 0.690. The molecule has 2 rings (SSSR count). The van der Waals surface area contributed by atoms with E-state index in [1.54, 1.807) is 0 Å². The zero-order valence-corrected chi connectivity index (χ0v) is 7.09. The number of rotatable bonds is 2. The molecule has 0 saturated heterocycles. The van der Waals surface area contributed by atoms with E-state index in [1.807, 2.05) is 0 Å². The second-order valence-corrected chi connectivity index (χ2v) is 3.58. The highest BCUT2D eigenvalue weighted by Gasteiger charge is 2.51. The fourth-order valence-corrected chi connectivity index (χ4v) is 0.617. The van der Waals surface area contributed by atoms with Gasteiger partial charge in [-0.15, -0.1) is 0 Å². The molecule has 0 amide bonds. The molecule has 2 N–H and O–H groups in total. The Kier molecular flexibility index (Phi) is 2.56. The zero-order valence-electron chi connectivity index (χ0n) is 7.09. The van der Waals surface area contributed by atoms with Crippen LogP contribution in [0.4, 0.5) is 8.78 Å². The Labute approximate surface area is 74.4 Å². The second-order valence-electron chi connectivity index (χ2n) is 3.58. The Morgan fingerprint density at radius 2 is 1.69 bits per heavy atom. The van der Waals surface area contributed by atoms with E-state index in [0.717, 1.165) is 0 Å². The van der Waals surface area contributed by atoms with Crippen LogP contribution < -0.4 is 0 Å². The largest absolute Gasteiger partial charge is 0.479 e. The molecule has 0 aromatic heterocycles. The molecule has 3 nitrogen and oxygen atoms in total.